The van der Waals surface area contributed by atoms with E-state index in [1.54, 1.807) is 18.3 Å². The Morgan fingerprint density at radius 3 is 2.86 bits per heavy atom. The Labute approximate surface area is 123 Å². The number of alkyl halides is 2. The zero-order chi connectivity index (χ0) is 14.8. The van der Waals surface area contributed by atoms with Crippen molar-refractivity contribution in [2.45, 2.75) is 50.7 Å². The number of amides is 1. The number of carbonyl (C=O) groups excluding carboxylic acids is 1. The molecule has 0 radical (unpaired) electrons. The summed E-state index contributed by atoms with van der Waals surface area (Å²) in [5.74, 6) is -0.114. The smallest absolute Gasteiger partial charge is 0.270 e. The standard InChI is InChI=1S/C15H21F2N3O/c16-14(17)10-19-8-2-4-13(19)15(21)20(12-5-6-12)9-11-3-1-7-18-11/h2,4,8,11-12,14,18H,1,3,5-7,9-10H2. The molecule has 116 valence electrons. The summed E-state index contributed by atoms with van der Waals surface area (Å²) >= 11 is 0. The van der Waals surface area contributed by atoms with Gasteiger partial charge in [0.25, 0.3) is 12.3 Å². The number of aromatic nitrogens is 1. The molecule has 1 N–H and O–H groups in total. The maximum Gasteiger partial charge on any atom is 0.270 e. The van der Waals surface area contributed by atoms with Crippen molar-refractivity contribution >= 4 is 5.91 Å². The number of nitrogens with zero attached hydrogens (tertiary/aromatic N) is 2. The molecule has 2 aliphatic rings. The highest BCUT2D eigenvalue weighted by molar-refractivity contribution is 5.93. The summed E-state index contributed by atoms with van der Waals surface area (Å²) in [5.41, 5.74) is 0.375. The fraction of sp³-hybridized carbons (Fsp3) is 0.667. The minimum atomic E-state index is -2.45. The van der Waals surface area contributed by atoms with Gasteiger partial charge in [-0.2, -0.15) is 0 Å². The summed E-state index contributed by atoms with van der Waals surface area (Å²) in [6, 6.07) is 3.93. The van der Waals surface area contributed by atoms with Gasteiger partial charge in [-0.3, -0.25) is 4.79 Å². The molecule has 4 nitrogen and oxygen atoms in total. The SMILES string of the molecule is O=C(c1cccn1CC(F)F)N(CC1CCCN1)C1CC1. The molecule has 6 heteroatoms. The van der Waals surface area contributed by atoms with Gasteiger partial charge in [0.15, 0.2) is 0 Å². The van der Waals surface area contributed by atoms with E-state index in [1.807, 2.05) is 4.90 Å². The number of nitrogens with one attached hydrogen (secondary N) is 1. The lowest BCUT2D eigenvalue weighted by Crippen LogP contribution is -2.43. The van der Waals surface area contributed by atoms with Crippen molar-refractivity contribution in [1.29, 1.82) is 0 Å². The summed E-state index contributed by atoms with van der Waals surface area (Å²) in [4.78, 5) is 14.6. The summed E-state index contributed by atoms with van der Waals surface area (Å²) in [7, 11) is 0. The average Bonchev–Trinajstić information content (AvgIpc) is 2.97. The van der Waals surface area contributed by atoms with Crippen LogP contribution in [0.15, 0.2) is 18.3 Å². The van der Waals surface area contributed by atoms with Crippen LogP contribution in [0.5, 0.6) is 0 Å². The highest BCUT2D eigenvalue weighted by atomic mass is 19.3. The second kappa shape index (κ2) is 6.13. The number of hydrogen-bond acceptors (Lipinski definition) is 2. The van der Waals surface area contributed by atoms with Gasteiger partial charge in [-0.1, -0.05) is 0 Å². The molecule has 21 heavy (non-hydrogen) atoms. The zero-order valence-electron chi connectivity index (χ0n) is 12.0. The Hall–Kier alpha value is -1.43. The largest absolute Gasteiger partial charge is 0.338 e. The summed E-state index contributed by atoms with van der Waals surface area (Å²) in [5, 5.41) is 3.40. The summed E-state index contributed by atoms with van der Waals surface area (Å²) in [6.45, 7) is 1.26. The zero-order valence-corrected chi connectivity index (χ0v) is 12.0. The van der Waals surface area contributed by atoms with Crippen molar-refractivity contribution in [2.24, 2.45) is 0 Å². The van der Waals surface area contributed by atoms with Gasteiger partial charge in [0, 0.05) is 24.8 Å². The Balaban J connectivity index is 1.73. The number of rotatable bonds is 6. The van der Waals surface area contributed by atoms with E-state index in [0.29, 0.717) is 18.3 Å². The van der Waals surface area contributed by atoms with Gasteiger partial charge in [0.2, 0.25) is 0 Å². The summed E-state index contributed by atoms with van der Waals surface area (Å²) < 4.78 is 26.5. The molecule has 0 bridgehead atoms. The Morgan fingerprint density at radius 1 is 1.43 bits per heavy atom. The molecular weight excluding hydrogens is 276 g/mol. The maximum absolute atomic E-state index is 12.7. The molecule has 1 saturated heterocycles. The molecule has 1 atom stereocenters. The molecule has 0 spiro atoms. The van der Waals surface area contributed by atoms with Gasteiger partial charge in [-0.15, -0.1) is 0 Å². The molecule has 0 aromatic carbocycles. The van der Waals surface area contributed by atoms with Crippen LogP contribution in [0.2, 0.25) is 0 Å². The molecule has 1 unspecified atom stereocenters. The first-order valence-corrected chi connectivity index (χ1v) is 7.63. The molecule has 1 amide bonds. The first kappa shape index (κ1) is 14.5. The Kier molecular flexibility index (Phi) is 4.24. The lowest BCUT2D eigenvalue weighted by atomic mass is 10.2. The van der Waals surface area contributed by atoms with Crippen LogP contribution in [0.3, 0.4) is 0 Å². The fourth-order valence-corrected chi connectivity index (χ4v) is 3.00. The van der Waals surface area contributed by atoms with Crippen LogP contribution in [-0.2, 0) is 6.54 Å². The van der Waals surface area contributed by atoms with E-state index in [0.717, 1.165) is 32.2 Å². The van der Waals surface area contributed by atoms with Crippen LogP contribution in [0.1, 0.15) is 36.2 Å². The molecule has 1 aliphatic heterocycles. The van der Waals surface area contributed by atoms with Gasteiger partial charge < -0.3 is 14.8 Å². The topological polar surface area (TPSA) is 37.3 Å². The van der Waals surface area contributed by atoms with Crippen LogP contribution >= 0.6 is 0 Å². The van der Waals surface area contributed by atoms with Gasteiger partial charge in [-0.05, 0) is 44.4 Å². The molecule has 1 aromatic heterocycles. The Morgan fingerprint density at radius 2 is 2.24 bits per heavy atom. The van der Waals surface area contributed by atoms with Crippen LogP contribution in [0, 0.1) is 0 Å². The molecule has 1 aromatic rings. The minimum Gasteiger partial charge on any atom is -0.338 e. The third-order valence-electron chi connectivity index (χ3n) is 4.21. The van der Waals surface area contributed by atoms with Crippen molar-refractivity contribution in [1.82, 2.24) is 14.8 Å². The first-order valence-electron chi connectivity index (χ1n) is 7.63. The summed E-state index contributed by atoms with van der Waals surface area (Å²) in [6.07, 6.45) is 3.36. The van der Waals surface area contributed by atoms with E-state index in [9.17, 15) is 13.6 Å². The van der Waals surface area contributed by atoms with E-state index >= 15 is 0 Å². The van der Waals surface area contributed by atoms with Gasteiger partial charge >= 0.3 is 0 Å². The van der Waals surface area contributed by atoms with Crippen molar-refractivity contribution in [3.8, 4) is 0 Å². The monoisotopic (exact) mass is 297 g/mol. The second-order valence-corrected chi connectivity index (χ2v) is 5.92. The predicted molar refractivity (Wildman–Crippen MR) is 75.5 cm³/mol. The molecule has 1 aliphatic carbocycles. The minimum absolute atomic E-state index is 0.114. The highest BCUT2D eigenvalue weighted by Gasteiger charge is 2.35. The van der Waals surface area contributed by atoms with Gasteiger partial charge in [-0.25, -0.2) is 8.78 Å². The lowest BCUT2D eigenvalue weighted by molar-refractivity contribution is 0.0708. The maximum atomic E-state index is 12.7. The molecule has 2 fully saturated rings. The molecule has 2 heterocycles. The van der Waals surface area contributed by atoms with Gasteiger partial charge in [0.05, 0.1) is 6.54 Å². The first-order chi connectivity index (χ1) is 10.1. The third-order valence-corrected chi connectivity index (χ3v) is 4.21. The molecular formula is C15H21F2N3O. The van der Waals surface area contributed by atoms with Crippen LogP contribution in [0.4, 0.5) is 8.78 Å². The van der Waals surface area contributed by atoms with Crippen molar-refractivity contribution in [2.75, 3.05) is 13.1 Å². The van der Waals surface area contributed by atoms with E-state index in [4.69, 9.17) is 0 Å². The van der Waals surface area contributed by atoms with Crippen LogP contribution < -0.4 is 5.32 Å². The van der Waals surface area contributed by atoms with Crippen molar-refractivity contribution < 1.29 is 13.6 Å². The van der Waals surface area contributed by atoms with E-state index < -0.39 is 13.0 Å². The van der Waals surface area contributed by atoms with E-state index in [-0.39, 0.29) is 11.9 Å². The number of halogens is 2. The van der Waals surface area contributed by atoms with E-state index in [2.05, 4.69) is 5.32 Å². The second-order valence-electron chi connectivity index (χ2n) is 5.92. The molecule has 3 rings (SSSR count). The predicted octanol–water partition coefficient (Wildman–Crippen LogP) is 2.11. The van der Waals surface area contributed by atoms with Crippen LogP contribution in [-0.4, -0.2) is 47.0 Å². The van der Waals surface area contributed by atoms with Crippen molar-refractivity contribution in [3.63, 3.8) is 0 Å². The Bertz CT molecular complexity index is 493. The molecule has 1 saturated carbocycles. The highest BCUT2D eigenvalue weighted by Crippen LogP contribution is 2.29. The lowest BCUT2D eigenvalue weighted by Gasteiger charge is -2.26. The third kappa shape index (κ3) is 3.43. The quantitative estimate of drug-likeness (QED) is 0.873. The average molecular weight is 297 g/mol. The van der Waals surface area contributed by atoms with E-state index in [1.165, 1.54) is 4.57 Å². The van der Waals surface area contributed by atoms with Gasteiger partial charge in [0.1, 0.15) is 5.69 Å². The number of hydrogen-bond donors (Lipinski definition) is 1. The number of carbonyl (C=O) groups is 1. The van der Waals surface area contributed by atoms with Crippen LogP contribution in [0.25, 0.3) is 0 Å². The van der Waals surface area contributed by atoms with Crippen molar-refractivity contribution in [3.05, 3.63) is 24.0 Å². The normalized spacial score (nSPS) is 22.0. The fourth-order valence-electron chi connectivity index (χ4n) is 3.00.